The Kier molecular flexibility index (Phi) is 5.77. The highest BCUT2D eigenvalue weighted by Gasteiger charge is 2.26. The molecule has 0 aliphatic carbocycles. The van der Waals surface area contributed by atoms with Gasteiger partial charge in [0, 0.05) is 17.5 Å². The molecule has 27 heavy (non-hydrogen) atoms. The molecule has 0 radical (unpaired) electrons. The van der Waals surface area contributed by atoms with Crippen LogP contribution in [0.4, 0.5) is 16.2 Å². The third kappa shape index (κ3) is 3.96. The molecule has 142 valence electrons. The van der Waals surface area contributed by atoms with Crippen molar-refractivity contribution >= 4 is 46.8 Å². The second-order valence-electron chi connectivity index (χ2n) is 6.21. The molecule has 1 aliphatic heterocycles. The zero-order chi connectivity index (χ0) is 19.6. The number of halogens is 2. The van der Waals surface area contributed by atoms with Crippen molar-refractivity contribution < 1.29 is 14.7 Å². The molecule has 0 fully saturated rings. The molecule has 0 bridgehead atoms. The van der Waals surface area contributed by atoms with Crippen LogP contribution in [0.1, 0.15) is 34.8 Å². The number of fused-ring (bicyclic) bond motifs is 1. The Balaban J connectivity index is 1.76. The van der Waals surface area contributed by atoms with Crippen LogP contribution in [0.2, 0.25) is 5.02 Å². The number of anilines is 2. The highest BCUT2D eigenvalue weighted by Crippen LogP contribution is 2.33. The predicted octanol–water partition coefficient (Wildman–Crippen LogP) is 4.65. The summed E-state index contributed by atoms with van der Waals surface area (Å²) < 4.78 is 0.816. The summed E-state index contributed by atoms with van der Waals surface area (Å²) in [6, 6.07) is 10.5. The molecule has 2 aromatic rings. The van der Waals surface area contributed by atoms with E-state index in [2.05, 4.69) is 10.6 Å². The van der Waals surface area contributed by atoms with Crippen molar-refractivity contribution in [3.05, 3.63) is 58.1 Å². The van der Waals surface area contributed by atoms with Crippen molar-refractivity contribution in [2.75, 3.05) is 9.74 Å². The van der Waals surface area contributed by atoms with Crippen LogP contribution in [0.5, 0.6) is 0 Å². The van der Waals surface area contributed by atoms with E-state index in [-0.39, 0.29) is 22.4 Å². The van der Waals surface area contributed by atoms with E-state index in [4.69, 9.17) is 23.4 Å². The van der Waals surface area contributed by atoms with Crippen molar-refractivity contribution in [2.24, 2.45) is 0 Å². The lowest BCUT2D eigenvalue weighted by Gasteiger charge is -2.29. The molecule has 3 rings (SSSR count). The van der Waals surface area contributed by atoms with Gasteiger partial charge in [-0.15, -0.1) is 0 Å². The lowest BCUT2D eigenvalue weighted by molar-refractivity contribution is 0.0696. The zero-order valence-corrected chi connectivity index (χ0v) is 16.1. The van der Waals surface area contributed by atoms with Crippen LogP contribution in [0.25, 0.3) is 0 Å². The number of urea groups is 1. The fourth-order valence-electron chi connectivity index (χ4n) is 3.14. The Labute approximate surface area is 167 Å². The number of hydrogen-bond donors (Lipinski definition) is 3. The number of para-hydroxylation sites is 1. The van der Waals surface area contributed by atoms with Gasteiger partial charge in [0.1, 0.15) is 6.17 Å². The van der Waals surface area contributed by atoms with Crippen molar-refractivity contribution in [1.82, 2.24) is 5.32 Å². The summed E-state index contributed by atoms with van der Waals surface area (Å²) in [6.45, 7) is 1.83. The number of carboxylic acids is 1. The van der Waals surface area contributed by atoms with Gasteiger partial charge in [-0.05, 0) is 42.5 Å². The average Bonchev–Trinajstić information content (AvgIpc) is 2.66. The molecule has 3 N–H and O–H groups in total. The molecule has 8 heteroatoms. The van der Waals surface area contributed by atoms with E-state index in [0.29, 0.717) is 18.4 Å². The molecule has 0 saturated carbocycles. The van der Waals surface area contributed by atoms with E-state index in [1.807, 2.05) is 31.2 Å². The highest BCUT2D eigenvalue weighted by molar-refractivity contribution is 6.42. The van der Waals surface area contributed by atoms with Gasteiger partial charge in [0.2, 0.25) is 0 Å². The number of carbonyl (C=O) groups excluding carboxylic acids is 1. The van der Waals surface area contributed by atoms with Gasteiger partial charge < -0.3 is 15.7 Å². The van der Waals surface area contributed by atoms with E-state index in [1.54, 1.807) is 12.1 Å². The molecule has 0 aromatic heterocycles. The van der Waals surface area contributed by atoms with Gasteiger partial charge >= 0.3 is 12.0 Å². The predicted molar refractivity (Wildman–Crippen MR) is 107 cm³/mol. The molecule has 0 spiro atoms. The number of aromatic carboxylic acids is 1. The number of benzene rings is 2. The van der Waals surface area contributed by atoms with Crippen LogP contribution in [-0.4, -0.2) is 23.3 Å². The first-order valence-corrected chi connectivity index (χ1v) is 9.29. The van der Waals surface area contributed by atoms with Crippen LogP contribution < -0.4 is 15.1 Å². The molecule has 1 aliphatic rings. The van der Waals surface area contributed by atoms with Gasteiger partial charge in [-0.3, -0.25) is 0 Å². The Morgan fingerprint density at radius 2 is 2.04 bits per heavy atom. The minimum atomic E-state index is -1.16. The molecule has 2 amide bonds. The van der Waals surface area contributed by atoms with Crippen molar-refractivity contribution in [2.45, 2.75) is 32.4 Å². The quantitative estimate of drug-likeness (QED) is 0.643. The molecular weight excluding hydrogens is 389 g/mol. The van der Waals surface area contributed by atoms with Crippen molar-refractivity contribution in [3.63, 3.8) is 0 Å². The number of carbonyl (C=O) groups is 2. The van der Waals surface area contributed by atoms with Crippen LogP contribution >= 0.6 is 23.4 Å². The lowest BCUT2D eigenvalue weighted by Crippen LogP contribution is -2.46. The first-order valence-electron chi connectivity index (χ1n) is 8.57. The largest absolute Gasteiger partial charge is 0.478 e. The molecule has 1 atom stereocenters. The molecule has 1 unspecified atom stereocenters. The summed E-state index contributed by atoms with van der Waals surface area (Å²) in [6.07, 6.45) is 1.74. The van der Waals surface area contributed by atoms with Gasteiger partial charge in [0.15, 0.2) is 0 Å². The van der Waals surface area contributed by atoms with Gasteiger partial charge in [-0.25, -0.2) is 14.0 Å². The second-order valence-corrected chi connectivity index (χ2v) is 6.93. The minimum absolute atomic E-state index is 0.0418. The smallest absolute Gasteiger partial charge is 0.338 e. The maximum absolute atomic E-state index is 12.5. The second kappa shape index (κ2) is 8.06. The van der Waals surface area contributed by atoms with Crippen LogP contribution in [0.15, 0.2) is 36.4 Å². The minimum Gasteiger partial charge on any atom is -0.478 e. The van der Waals surface area contributed by atoms with Gasteiger partial charge in [0.05, 0.1) is 16.3 Å². The summed E-state index contributed by atoms with van der Waals surface area (Å²) in [5, 5.41) is 15.4. The number of rotatable bonds is 4. The van der Waals surface area contributed by atoms with Crippen molar-refractivity contribution in [1.29, 1.82) is 0 Å². The fraction of sp³-hybridized carbons (Fsp3) is 0.263. The summed E-state index contributed by atoms with van der Waals surface area (Å²) in [4.78, 5) is 24.1. The highest BCUT2D eigenvalue weighted by atomic mass is 35.5. The van der Waals surface area contributed by atoms with E-state index in [9.17, 15) is 14.7 Å². The third-order valence-electron chi connectivity index (χ3n) is 4.54. The Morgan fingerprint density at radius 1 is 1.30 bits per heavy atom. The van der Waals surface area contributed by atoms with E-state index in [0.717, 1.165) is 16.5 Å². The fourth-order valence-corrected chi connectivity index (χ4v) is 3.73. The zero-order valence-electron chi connectivity index (χ0n) is 14.6. The molecule has 6 nitrogen and oxygen atoms in total. The topological polar surface area (TPSA) is 81.7 Å². The number of nitrogens with one attached hydrogen (secondary N) is 2. The number of carboxylic acid groups (broad SMARTS) is 1. The molecule has 1 heterocycles. The standard InChI is InChI=1S/C19H19Cl2N3O3/c1-2-11-7-9-14(17(20)16(11)18(25)26)24(21)19(27)23-15-10-8-12-5-3-4-6-13(12)22-15/h3-7,9,15,22H,2,8,10H2,1H3,(H,23,27)(H,25,26). The van der Waals surface area contributed by atoms with Crippen LogP contribution in [0, 0.1) is 0 Å². The summed E-state index contributed by atoms with van der Waals surface area (Å²) in [5.74, 6) is -1.16. The number of nitrogens with zero attached hydrogens (tertiary/aromatic N) is 1. The SMILES string of the molecule is CCc1ccc(N(Cl)C(=O)NC2CCc3ccccc3N2)c(Cl)c1C(=O)O. The summed E-state index contributed by atoms with van der Waals surface area (Å²) in [7, 11) is 0. The van der Waals surface area contributed by atoms with Crippen LogP contribution in [-0.2, 0) is 12.8 Å². The summed E-state index contributed by atoms with van der Waals surface area (Å²) >= 11 is 12.4. The Hall–Kier alpha value is -2.44. The summed E-state index contributed by atoms with van der Waals surface area (Å²) in [5.41, 5.74) is 2.82. The van der Waals surface area contributed by atoms with E-state index in [1.165, 1.54) is 5.56 Å². The van der Waals surface area contributed by atoms with Crippen LogP contribution in [0.3, 0.4) is 0 Å². The monoisotopic (exact) mass is 407 g/mol. The molecular formula is C19H19Cl2N3O3. The Bertz CT molecular complexity index is 888. The number of aryl methyl sites for hydroxylation is 2. The maximum atomic E-state index is 12.5. The van der Waals surface area contributed by atoms with E-state index >= 15 is 0 Å². The normalized spacial score (nSPS) is 15.4. The molecule has 2 aromatic carbocycles. The first kappa shape index (κ1) is 19.3. The molecule has 0 saturated heterocycles. The van der Waals surface area contributed by atoms with Gasteiger partial charge in [0.25, 0.3) is 0 Å². The van der Waals surface area contributed by atoms with Gasteiger partial charge in [-0.2, -0.15) is 0 Å². The number of amides is 2. The van der Waals surface area contributed by atoms with E-state index < -0.39 is 12.0 Å². The average molecular weight is 408 g/mol. The third-order valence-corrected chi connectivity index (χ3v) is 5.26. The van der Waals surface area contributed by atoms with Gasteiger partial charge in [-0.1, -0.05) is 42.8 Å². The Morgan fingerprint density at radius 3 is 2.74 bits per heavy atom. The maximum Gasteiger partial charge on any atom is 0.338 e. The lowest BCUT2D eigenvalue weighted by atomic mass is 10.0. The van der Waals surface area contributed by atoms with Crippen molar-refractivity contribution in [3.8, 4) is 0 Å². The number of hydrogen-bond acceptors (Lipinski definition) is 3. The first-order chi connectivity index (χ1) is 12.9.